The van der Waals surface area contributed by atoms with Gasteiger partial charge in [0.15, 0.2) is 5.72 Å². The third kappa shape index (κ3) is 1.47. The number of carbonyl (C=O) groups excluding carboxylic acids is 1. The molecule has 18 heavy (non-hydrogen) atoms. The van der Waals surface area contributed by atoms with E-state index in [9.17, 15) is 14.7 Å². The number of fused-ring (bicyclic) bond motifs is 4. The zero-order valence-corrected chi connectivity index (χ0v) is 9.84. The maximum absolute atomic E-state index is 11.9. The largest absolute Gasteiger partial charge is 0.481 e. The topological polar surface area (TPSA) is 75.6 Å². The van der Waals surface area contributed by atoms with E-state index in [2.05, 4.69) is 5.32 Å². The number of benzene rings is 1. The molecule has 1 aromatic rings. The summed E-state index contributed by atoms with van der Waals surface area (Å²) in [4.78, 5) is 23.2. The minimum atomic E-state index is -1.09. The Morgan fingerprint density at radius 1 is 1.50 bits per heavy atom. The first-order valence-electron chi connectivity index (χ1n) is 5.83. The number of nitrogens with one attached hydrogen (secondary N) is 1. The molecule has 3 rings (SSSR count). The SMILES string of the molecule is C[C@@]12C[C@@H](c3ccccc3O1)[C@@H](C(=O)O)C(=O)N2. The molecule has 5 heteroatoms. The lowest BCUT2D eigenvalue weighted by atomic mass is 9.75. The van der Waals surface area contributed by atoms with Crippen molar-refractivity contribution in [1.82, 2.24) is 5.32 Å². The van der Waals surface area contributed by atoms with Crippen molar-refractivity contribution in [2.45, 2.75) is 25.0 Å². The first-order chi connectivity index (χ1) is 8.50. The van der Waals surface area contributed by atoms with Crippen molar-refractivity contribution in [2.24, 2.45) is 5.92 Å². The van der Waals surface area contributed by atoms with Crippen LogP contribution in [0.1, 0.15) is 24.8 Å². The molecule has 0 aliphatic carbocycles. The minimum Gasteiger partial charge on any atom is -0.481 e. The fraction of sp³-hybridized carbons (Fsp3) is 0.385. The molecule has 1 amide bonds. The maximum atomic E-state index is 11.9. The average Bonchev–Trinajstić information content (AvgIpc) is 2.26. The smallest absolute Gasteiger partial charge is 0.316 e. The van der Waals surface area contributed by atoms with Crippen LogP contribution in [0.3, 0.4) is 0 Å². The Labute approximate surface area is 104 Å². The molecule has 0 radical (unpaired) electrons. The molecule has 1 saturated heterocycles. The van der Waals surface area contributed by atoms with Gasteiger partial charge < -0.3 is 15.2 Å². The van der Waals surface area contributed by atoms with E-state index in [1.54, 1.807) is 13.0 Å². The van der Waals surface area contributed by atoms with E-state index < -0.39 is 23.5 Å². The number of carboxylic acids is 1. The lowest BCUT2D eigenvalue weighted by Gasteiger charge is -2.46. The van der Waals surface area contributed by atoms with Crippen LogP contribution in [0, 0.1) is 5.92 Å². The van der Waals surface area contributed by atoms with Gasteiger partial charge in [0.05, 0.1) is 0 Å². The number of rotatable bonds is 1. The number of carboxylic acid groups (broad SMARTS) is 1. The molecule has 2 aliphatic heterocycles. The Morgan fingerprint density at radius 3 is 2.94 bits per heavy atom. The second kappa shape index (κ2) is 3.48. The molecule has 2 bridgehead atoms. The van der Waals surface area contributed by atoms with Crippen molar-refractivity contribution in [2.75, 3.05) is 0 Å². The molecule has 1 aromatic carbocycles. The summed E-state index contributed by atoms with van der Waals surface area (Å²) in [6.07, 6.45) is 0.479. The Hall–Kier alpha value is -2.04. The van der Waals surface area contributed by atoms with Crippen molar-refractivity contribution in [1.29, 1.82) is 0 Å². The van der Waals surface area contributed by atoms with Gasteiger partial charge in [-0.15, -0.1) is 0 Å². The minimum absolute atomic E-state index is 0.328. The number of hydrogen-bond donors (Lipinski definition) is 2. The predicted molar refractivity (Wildman–Crippen MR) is 62.1 cm³/mol. The van der Waals surface area contributed by atoms with Crippen LogP contribution >= 0.6 is 0 Å². The van der Waals surface area contributed by atoms with Gasteiger partial charge in [0.25, 0.3) is 0 Å². The van der Waals surface area contributed by atoms with Crippen LogP contribution in [0.4, 0.5) is 0 Å². The number of hydrogen-bond acceptors (Lipinski definition) is 3. The summed E-state index contributed by atoms with van der Waals surface area (Å²) in [5, 5.41) is 11.9. The van der Waals surface area contributed by atoms with Crippen molar-refractivity contribution in [3.63, 3.8) is 0 Å². The highest BCUT2D eigenvalue weighted by molar-refractivity contribution is 5.99. The first kappa shape index (κ1) is 11.1. The Kier molecular flexibility index (Phi) is 2.14. The molecule has 2 N–H and O–H groups in total. The van der Waals surface area contributed by atoms with E-state index in [-0.39, 0.29) is 5.92 Å². The van der Waals surface area contributed by atoms with Gasteiger partial charge in [0, 0.05) is 12.3 Å². The van der Waals surface area contributed by atoms with E-state index >= 15 is 0 Å². The summed E-state index contributed by atoms with van der Waals surface area (Å²) >= 11 is 0. The van der Waals surface area contributed by atoms with Crippen LogP contribution < -0.4 is 10.1 Å². The summed E-state index contributed by atoms with van der Waals surface area (Å²) in [6, 6.07) is 7.29. The van der Waals surface area contributed by atoms with Crippen LogP contribution in [0.15, 0.2) is 24.3 Å². The van der Waals surface area contributed by atoms with Gasteiger partial charge in [-0.3, -0.25) is 9.59 Å². The predicted octanol–water partition coefficient (Wildman–Crippen LogP) is 1.10. The lowest BCUT2D eigenvalue weighted by molar-refractivity contribution is -0.156. The molecular weight excluding hydrogens is 234 g/mol. The molecule has 1 fully saturated rings. The number of piperidine rings is 1. The molecule has 0 spiro atoms. The van der Waals surface area contributed by atoms with Crippen LogP contribution in [0.25, 0.3) is 0 Å². The molecule has 5 nitrogen and oxygen atoms in total. The summed E-state index contributed by atoms with van der Waals surface area (Å²) in [6.45, 7) is 1.77. The average molecular weight is 247 g/mol. The molecule has 0 unspecified atom stereocenters. The number of aliphatic carboxylic acids is 1. The molecule has 94 valence electrons. The highest BCUT2D eigenvalue weighted by Crippen LogP contribution is 2.46. The van der Waals surface area contributed by atoms with Crippen molar-refractivity contribution >= 4 is 11.9 Å². The second-order valence-electron chi connectivity index (χ2n) is 4.99. The Bertz CT molecular complexity index is 542. The highest BCUT2D eigenvalue weighted by Gasteiger charge is 2.51. The fourth-order valence-electron chi connectivity index (χ4n) is 2.87. The van der Waals surface area contributed by atoms with E-state index in [4.69, 9.17) is 4.74 Å². The summed E-state index contributed by atoms with van der Waals surface area (Å²) in [5.74, 6) is -2.27. The monoisotopic (exact) mass is 247 g/mol. The quantitative estimate of drug-likeness (QED) is 0.729. The van der Waals surface area contributed by atoms with Crippen LogP contribution in [0.5, 0.6) is 5.75 Å². The van der Waals surface area contributed by atoms with Crippen LogP contribution in [0.2, 0.25) is 0 Å². The highest BCUT2D eigenvalue weighted by atomic mass is 16.5. The van der Waals surface area contributed by atoms with Crippen molar-refractivity contribution in [3.8, 4) is 5.75 Å². The van der Waals surface area contributed by atoms with Gasteiger partial charge in [-0.25, -0.2) is 0 Å². The van der Waals surface area contributed by atoms with Crippen LogP contribution in [-0.2, 0) is 9.59 Å². The van der Waals surface area contributed by atoms with E-state index in [1.807, 2.05) is 18.2 Å². The Balaban J connectivity index is 2.14. The molecule has 0 aromatic heterocycles. The molecule has 3 atom stereocenters. The summed E-state index contributed by atoms with van der Waals surface area (Å²) < 4.78 is 5.76. The number of para-hydroxylation sites is 1. The van der Waals surface area contributed by atoms with Gasteiger partial charge >= 0.3 is 5.97 Å². The number of amides is 1. The van der Waals surface area contributed by atoms with E-state index in [0.29, 0.717) is 12.2 Å². The third-order valence-electron chi connectivity index (χ3n) is 3.60. The van der Waals surface area contributed by atoms with E-state index in [1.165, 1.54) is 0 Å². The zero-order valence-electron chi connectivity index (χ0n) is 9.84. The van der Waals surface area contributed by atoms with Crippen molar-refractivity contribution in [3.05, 3.63) is 29.8 Å². The van der Waals surface area contributed by atoms with Gasteiger partial charge in [-0.2, -0.15) is 0 Å². The number of carbonyl (C=O) groups is 2. The van der Waals surface area contributed by atoms with Gasteiger partial charge in [-0.05, 0) is 18.6 Å². The number of ether oxygens (including phenoxy) is 1. The second-order valence-corrected chi connectivity index (χ2v) is 4.99. The normalized spacial score (nSPS) is 33.1. The van der Waals surface area contributed by atoms with Gasteiger partial charge in [-0.1, -0.05) is 18.2 Å². The van der Waals surface area contributed by atoms with Crippen molar-refractivity contribution < 1.29 is 19.4 Å². The molecular formula is C13H13NO4. The first-order valence-corrected chi connectivity index (χ1v) is 5.83. The van der Waals surface area contributed by atoms with Gasteiger partial charge in [0.2, 0.25) is 5.91 Å². The molecule has 2 heterocycles. The van der Waals surface area contributed by atoms with Crippen LogP contribution in [-0.4, -0.2) is 22.7 Å². The maximum Gasteiger partial charge on any atom is 0.316 e. The van der Waals surface area contributed by atoms with E-state index in [0.717, 1.165) is 5.56 Å². The summed E-state index contributed by atoms with van der Waals surface area (Å²) in [5.41, 5.74) is -0.000532. The molecule has 2 aliphatic rings. The third-order valence-corrected chi connectivity index (χ3v) is 3.60. The fourth-order valence-corrected chi connectivity index (χ4v) is 2.87. The van der Waals surface area contributed by atoms with Gasteiger partial charge in [0.1, 0.15) is 11.7 Å². The Morgan fingerprint density at radius 2 is 2.22 bits per heavy atom. The molecule has 0 saturated carbocycles. The zero-order chi connectivity index (χ0) is 12.9. The lowest BCUT2D eigenvalue weighted by Crippen LogP contribution is -2.61. The summed E-state index contributed by atoms with van der Waals surface area (Å²) in [7, 11) is 0. The standard InChI is InChI=1S/C13H13NO4/c1-13-6-8(10(12(16)17)11(15)14-13)7-4-2-3-5-9(7)18-13/h2-5,8,10H,6H2,1H3,(H,14,15)(H,16,17)/t8-,10+,13-/m0/s1.